The first kappa shape index (κ1) is 9.74. The molecular weight excluding hydrogens is 164 g/mol. The monoisotopic (exact) mass is 177 g/mol. The number of likely N-dealkylation sites (N-methyl/N-ethyl adjacent to an activating group) is 1. The highest BCUT2D eigenvalue weighted by Gasteiger charge is 2.02. The third kappa shape index (κ3) is 3.71. The van der Waals surface area contributed by atoms with Crippen molar-refractivity contribution in [3.05, 3.63) is 36.9 Å². The molecule has 0 unspecified atom stereocenters. The Labute approximate surface area is 78.4 Å². The van der Waals surface area contributed by atoms with Crippen LogP contribution in [-0.2, 0) is 4.79 Å². The predicted octanol–water partition coefficient (Wildman–Crippen LogP) is 1.35. The highest BCUT2D eigenvalue weighted by molar-refractivity contribution is 5.96. The molecule has 0 aromatic heterocycles. The van der Waals surface area contributed by atoms with E-state index in [1.165, 1.54) is 6.54 Å². The molecule has 0 saturated heterocycles. The maximum absolute atomic E-state index is 11.2. The summed E-state index contributed by atoms with van der Waals surface area (Å²) in [6.07, 6.45) is 0. The van der Waals surface area contributed by atoms with Crippen molar-refractivity contribution in [3.63, 3.8) is 0 Å². The van der Waals surface area contributed by atoms with Gasteiger partial charge in [-0.25, -0.2) is 0 Å². The van der Waals surface area contributed by atoms with Gasteiger partial charge in [0.2, 0.25) is 5.91 Å². The number of carbonyl (C=O) groups excluding carboxylic acids is 1. The number of anilines is 1. The molecule has 1 amide bonds. The van der Waals surface area contributed by atoms with Gasteiger partial charge in [0, 0.05) is 5.69 Å². The van der Waals surface area contributed by atoms with E-state index in [4.69, 9.17) is 0 Å². The minimum Gasteiger partial charge on any atom is -0.325 e. The average Bonchev–Trinajstić information content (AvgIpc) is 2.04. The van der Waals surface area contributed by atoms with Crippen molar-refractivity contribution in [2.75, 3.05) is 19.4 Å². The summed E-state index contributed by atoms with van der Waals surface area (Å²) in [6, 6.07) is 9.37. The van der Waals surface area contributed by atoms with Gasteiger partial charge in [0.15, 0.2) is 0 Å². The van der Waals surface area contributed by atoms with Gasteiger partial charge in [-0.2, -0.15) is 0 Å². The number of carbonyl (C=O) groups is 1. The minimum absolute atomic E-state index is 0.115. The molecule has 1 rings (SSSR count). The smallest absolute Gasteiger partial charge is 0.243 e. The minimum atomic E-state index is -0.115. The van der Waals surface area contributed by atoms with E-state index in [0.717, 1.165) is 5.69 Å². The lowest BCUT2D eigenvalue weighted by molar-refractivity contribution is -0.114. The van der Waals surface area contributed by atoms with Crippen LogP contribution in [0.2, 0.25) is 0 Å². The summed E-state index contributed by atoms with van der Waals surface area (Å²) in [4.78, 5) is 12.9. The van der Waals surface area contributed by atoms with Crippen molar-refractivity contribution in [2.45, 2.75) is 0 Å². The first-order chi connectivity index (χ1) is 6.18. The summed E-state index contributed by atoms with van der Waals surface area (Å²) in [7, 11) is 3.62. The number of benzene rings is 1. The lowest BCUT2D eigenvalue weighted by atomic mass is 10.3. The van der Waals surface area contributed by atoms with Crippen molar-refractivity contribution in [3.8, 4) is 0 Å². The van der Waals surface area contributed by atoms with Gasteiger partial charge in [0.05, 0.1) is 0 Å². The quantitative estimate of drug-likeness (QED) is 0.755. The second-order valence-electron chi connectivity index (χ2n) is 2.95. The molecule has 69 valence electrons. The molecule has 0 aliphatic carbocycles. The van der Waals surface area contributed by atoms with Crippen LogP contribution in [-0.4, -0.2) is 24.9 Å². The van der Waals surface area contributed by atoms with E-state index in [9.17, 15) is 4.79 Å². The summed E-state index contributed by atoms with van der Waals surface area (Å²) in [6.45, 7) is 1.49. The highest BCUT2D eigenvalue weighted by atomic mass is 16.2. The van der Waals surface area contributed by atoms with Gasteiger partial charge in [0.25, 0.3) is 0 Å². The van der Waals surface area contributed by atoms with Crippen LogP contribution in [0.5, 0.6) is 0 Å². The van der Waals surface area contributed by atoms with Gasteiger partial charge in [-0.15, -0.1) is 0 Å². The van der Waals surface area contributed by atoms with E-state index in [1.54, 1.807) is 4.90 Å². The van der Waals surface area contributed by atoms with Crippen LogP contribution >= 0.6 is 0 Å². The Morgan fingerprint density at radius 2 is 1.92 bits per heavy atom. The Balaban J connectivity index is 2.46. The number of nitrogens with zero attached hydrogens (tertiary/aromatic N) is 1. The molecule has 0 atom stereocenters. The molecule has 0 heterocycles. The van der Waals surface area contributed by atoms with Crippen LogP contribution in [0.15, 0.2) is 30.3 Å². The third-order valence-corrected chi connectivity index (χ3v) is 1.42. The van der Waals surface area contributed by atoms with Crippen molar-refractivity contribution < 1.29 is 4.79 Å². The molecule has 1 aromatic rings. The lowest BCUT2D eigenvalue weighted by Gasteiger charge is -2.08. The summed E-state index contributed by atoms with van der Waals surface area (Å²) < 4.78 is 0. The van der Waals surface area contributed by atoms with E-state index < -0.39 is 0 Å². The van der Waals surface area contributed by atoms with Crippen LogP contribution < -0.4 is 5.32 Å². The van der Waals surface area contributed by atoms with Crippen molar-refractivity contribution >= 4 is 11.6 Å². The summed E-state index contributed by atoms with van der Waals surface area (Å²) in [5.41, 5.74) is 0.811. The summed E-state index contributed by atoms with van der Waals surface area (Å²) >= 11 is 0. The SMILES string of the molecule is CN(C)[CH]C(=O)Nc1ccccc1. The van der Waals surface area contributed by atoms with Crippen LogP contribution in [0.3, 0.4) is 0 Å². The van der Waals surface area contributed by atoms with Gasteiger partial charge in [-0.05, 0) is 26.2 Å². The maximum atomic E-state index is 11.2. The average molecular weight is 177 g/mol. The molecule has 0 fully saturated rings. The standard InChI is InChI=1S/C10H13N2O/c1-12(2)8-10(13)11-9-6-4-3-5-7-9/h3-8H,1-2H3,(H,11,13). The fraction of sp³-hybridized carbons (Fsp3) is 0.200. The summed E-state index contributed by atoms with van der Waals surface area (Å²) in [5, 5.41) is 2.74. The zero-order chi connectivity index (χ0) is 9.68. The van der Waals surface area contributed by atoms with E-state index in [1.807, 2.05) is 44.4 Å². The molecule has 3 nitrogen and oxygen atoms in total. The molecule has 0 aliphatic heterocycles. The number of amides is 1. The van der Waals surface area contributed by atoms with Crippen LogP contribution in [0.25, 0.3) is 0 Å². The molecule has 0 bridgehead atoms. The van der Waals surface area contributed by atoms with Gasteiger partial charge >= 0.3 is 0 Å². The fourth-order valence-corrected chi connectivity index (χ4v) is 0.931. The van der Waals surface area contributed by atoms with Crippen LogP contribution in [0.1, 0.15) is 0 Å². The van der Waals surface area contributed by atoms with Crippen LogP contribution in [0.4, 0.5) is 5.69 Å². The topological polar surface area (TPSA) is 32.3 Å². The maximum Gasteiger partial charge on any atom is 0.243 e. The first-order valence-corrected chi connectivity index (χ1v) is 4.06. The number of rotatable bonds is 3. The zero-order valence-electron chi connectivity index (χ0n) is 7.82. The second kappa shape index (κ2) is 4.62. The molecule has 3 heteroatoms. The van der Waals surface area contributed by atoms with Crippen molar-refractivity contribution in [1.82, 2.24) is 4.90 Å². The number of para-hydroxylation sites is 1. The van der Waals surface area contributed by atoms with E-state index in [2.05, 4.69) is 5.32 Å². The number of hydrogen-bond acceptors (Lipinski definition) is 2. The third-order valence-electron chi connectivity index (χ3n) is 1.42. The molecule has 0 saturated carbocycles. The van der Waals surface area contributed by atoms with E-state index in [-0.39, 0.29) is 5.91 Å². The molecule has 1 radical (unpaired) electrons. The molecule has 1 aromatic carbocycles. The molecule has 0 spiro atoms. The largest absolute Gasteiger partial charge is 0.325 e. The number of nitrogens with one attached hydrogen (secondary N) is 1. The van der Waals surface area contributed by atoms with Gasteiger partial charge < -0.3 is 5.32 Å². The Kier molecular flexibility index (Phi) is 3.46. The summed E-state index contributed by atoms with van der Waals surface area (Å²) in [5.74, 6) is -0.115. The Hall–Kier alpha value is -1.35. The van der Waals surface area contributed by atoms with Gasteiger partial charge in [0.1, 0.15) is 6.54 Å². The van der Waals surface area contributed by atoms with E-state index >= 15 is 0 Å². The fourth-order valence-electron chi connectivity index (χ4n) is 0.931. The second-order valence-corrected chi connectivity index (χ2v) is 2.95. The lowest BCUT2D eigenvalue weighted by Crippen LogP contribution is -2.21. The van der Waals surface area contributed by atoms with E-state index in [0.29, 0.717) is 0 Å². The normalized spacial score (nSPS) is 10.1. The van der Waals surface area contributed by atoms with Crippen molar-refractivity contribution in [1.29, 1.82) is 0 Å². The molecular formula is C10H13N2O. The van der Waals surface area contributed by atoms with Crippen molar-refractivity contribution in [2.24, 2.45) is 0 Å². The molecule has 1 N–H and O–H groups in total. The van der Waals surface area contributed by atoms with Crippen LogP contribution in [0, 0.1) is 6.54 Å². The van der Waals surface area contributed by atoms with Gasteiger partial charge in [-0.1, -0.05) is 18.2 Å². The highest BCUT2D eigenvalue weighted by Crippen LogP contribution is 2.04. The first-order valence-electron chi connectivity index (χ1n) is 4.06. The Morgan fingerprint density at radius 1 is 1.31 bits per heavy atom. The molecule has 13 heavy (non-hydrogen) atoms. The Bertz CT molecular complexity index is 270. The predicted molar refractivity (Wildman–Crippen MR) is 53.1 cm³/mol. The molecule has 0 aliphatic rings. The number of hydrogen-bond donors (Lipinski definition) is 1. The zero-order valence-corrected chi connectivity index (χ0v) is 7.82. The Morgan fingerprint density at radius 3 is 2.46 bits per heavy atom. The van der Waals surface area contributed by atoms with Gasteiger partial charge in [-0.3, -0.25) is 9.69 Å².